The monoisotopic (exact) mass is 424 g/mol. The minimum atomic E-state index is -0.603. The van der Waals surface area contributed by atoms with Crippen molar-refractivity contribution >= 4 is 0 Å². The van der Waals surface area contributed by atoms with E-state index >= 15 is 0 Å². The number of hydrogen-bond acceptors (Lipinski definition) is 6. The molecule has 2 aromatic carbocycles. The first kappa shape index (κ1) is 22.8. The van der Waals surface area contributed by atoms with E-state index in [1.54, 1.807) is 13.3 Å². The average molecular weight is 425 g/mol. The molecule has 0 bridgehead atoms. The summed E-state index contributed by atoms with van der Waals surface area (Å²) in [5.41, 5.74) is 2.31. The van der Waals surface area contributed by atoms with E-state index in [4.69, 9.17) is 9.47 Å². The summed E-state index contributed by atoms with van der Waals surface area (Å²) in [7, 11) is 3.61. The lowest BCUT2D eigenvalue weighted by Crippen LogP contribution is -2.32. The Morgan fingerprint density at radius 3 is 2.68 bits per heavy atom. The smallest absolute Gasteiger partial charge is 0.161 e. The van der Waals surface area contributed by atoms with Crippen molar-refractivity contribution < 1.29 is 14.6 Å². The van der Waals surface area contributed by atoms with E-state index in [0.29, 0.717) is 24.6 Å². The van der Waals surface area contributed by atoms with Gasteiger partial charge in [-0.25, -0.2) is 0 Å². The van der Waals surface area contributed by atoms with Crippen LogP contribution >= 0.6 is 0 Å². The highest BCUT2D eigenvalue weighted by molar-refractivity contribution is 5.43. The zero-order valence-electron chi connectivity index (χ0n) is 18.3. The third-order valence-corrected chi connectivity index (χ3v) is 4.88. The Morgan fingerprint density at radius 1 is 1.10 bits per heavy atom. The van der Waals surface area contributed by atoms with Crippen LogP contribution < -0.4 is 14.8 Å². The molecule has 0 aliphatic rings. The molecule has 7 heteroatoms. The number of benzene rings is 2. The van der Waals surface area contributed by atoms with Gasteiger partial charge in [-0.15, -0.1) is 0 Å². The number of likely N-dealkylation sites (N-methyl/N-ethyl adjacent to an activating group) is 1. The van der Waals surface area contributed by atoms with Crippen LogP contribution in [0.15, 0.2) is 67.0 Å². The molecule has 0 aliphatic carbocycles. The van der Waals surface area contributed by atoms with Crippen molar-refractivity contribution in [1.29, 1.82) is 0 Å². The molecule has 0 radical (unpaired) electrons. The van der Waals surface area contributed by atoms with Gasteiger partial charge in [0.05, 0.1) is 13.7 Å². The fraction of sp³-hybridized carbons (Fsp3) is 0.375. The molecule has 2 N–H and O–H groups in total. The lowest BCUT2D eigenvalue weighted by Gasteiger charge is -2.21. The minimum absolute atomic E-state index is 0.200. The first-order valence-electron chi connectivity index (χ1n) is 10.5. The number of ether oxygens (including phenoxy) is 2. The van der Waals surface area contributed by atoms with Gasteiger partial charge in [0.15, 0.2) is 11.5 Å². The van der Waals surface area contributed by atoms with Gasteiger partial charge in [-0.05, 0) is 36.4 Å². The molecule has 1 aromatic heterocycles. The Hall–Kier alpha value is -2.87. The fourth-order valence-corrected chi connectivity index (χ4v) is 3.36. The van der Waals surface area contributed by atoms with Gasteiger partial charge >= 0.3 is 0 Å². The fourth-order valence-electron chi connectivity index (χ4n) is 3.36. The van der Waals surface area contributed by atoms with Crippen LogP contribution in [0.25, 0.3) is 0 Å². The van der Waals surface area contributed by atoms with Crippen LogP contribution in [0.2, 0.25) is 0 Å². The maximum Gasteiger partial charge on any atom is 0.161 e. The highest BCUT2D eigenvalue weighted by atomic mass is 16.5. The molecular weight excluding hydrogens is 392 g/mol. The van der Waals surface area contributed by atoms with Crippen LogP contribution in [0.4, 0.5) is 0 Å². The van der Waals surface area contributed by atoms with E-state index in [-0.39, 0.29) is 6.61 Å². The second-order valence-corrected chi connectivity index (χ2v) is 7.58. The topological polar surface area (TPSA) is 71.8 Å². The summed E-state index contributed by atoms with van der Waals surface area (Å²) in [6, 6.07) is 18.0. The predicted octanol–water partition coefficient (Wildman–Crippen LogP) is 2.55. The van der Waals surface area contributed by atoms with Gasteiger partial charge in [0.25, 0.3) is 0 Å². The lowest BCUT2D eigenvalue weighted by molar-refractivity contribution is 0.0732. The Labute approximate surface area is 184 Å². The molecule has 1 heterocycles. The Balaban J connectivity index is 1.45. The molecule has 7 nitrogen and oxygen atoms in total. The number of methoxy groups -OCH3 is 1. The van der Waals surface area contributed by atoms with Gasteiger partial charge in [0.2, 0.25) is 0 Å². The molecule has 0 spiro atoms. The van der Waals surface area contributed by atoms with Gasteiger partial charge in [-0.2, -0.15) is 5.10 Å². The van der Waals surface area contributed by atoms with Crippen LogP contribution in [0.5, 0.6) is 11.5 Å². The molecule has 0 unspecified atom stereocenters. The summed E-state index contributed by atoms with van der Waals surface area (Å²) in [5.74, 6) is 1.30. The predicted molar refractivity (Wildman–Crippen MR) is 121 cm³/mol. The standard InChI is InChI=1S/C24H32N4O3/c1-27(17-20-7-4-3-5-8-20)18-22(29)19-31-24-15-21(9-10-23(24)30-2)16-25-12-14-28-13-6-11-26-28/h3-11,13,15,22,25,29H,12,14,16-19H2,1-2H3/t22-/m1/s1. The van der Waals surface area contributed by atoms with E-state index in [0.717, 1.165) is 25.2 Å². The number of aliphatic hydroxyl groups excluding tert-OH is 1. The molecule has 0 fully saturated rings. The van der Waals surface area contributed by atoms with Crippen molar-refractivity contribution in [2.24, 2.45) is 0 Å². The number of aromatic nitrogens is 2. The lowest BCUT2D eigenvalue weighted by atomic mass is 10.2. The summed E-state index contributed by atoms with van der Waals surface area (Å²) in [6.07, 6.45) is 3.12. The molecule has 0 aliphatic heterocycles. The van der Waals surface area contributed by atoms with E-state index in [1.165, 1.54) is 5.56 Å². The summed E-state index contributed by atoms with van der Waals surface area (Å²) in [5, 5.41) is 18.0. The van der Waals surface area contributed by atoms with Crippen LogP contribution in [0.1, 0.15) is 11.1 Å². The molecular formula is C24H32N4O3. The summed E-state index contributed by atoms with van der Waals surface area (Å²) in [4.78, 5) is 2.08. The molecule has 3 rings (SSSR count). The number of nitrogens with one attached hydrogen (secondary N) is 1. The third-order valence-electron chi connectivity index (χ3n) is 4.88. The number of aliphatic hydroxyl groups is 1. The van der Waals surface area contributed by atoms with Crippen molar-refractivity contribution in [2.45, 2.75) is 25.7 Å². The minimum Gasteiger partial charge on any atom is -0.493 e. The second-order valence-electron chi connectivity index (χ2n) is 7.58. The van der Waals surface area contributed by atoms with Crippen LogP contribution in [-0.2, 0) is 19.6 Å². The highest BCUT2D eigenvalue weighted by Crippen LogP contribution is 2.28. The summed E-state index contributed by atoms with van der Waals surface area (Å²) < 4.78 is 13.2. The summed E-state index contributed by atoms with van der Waals surface area (Å²) >= 11 is 0. The molecule has 0 amide bonds. The first-order chi connectivity index (χ1) is 15.1. The van der Waals surface area contributed by atoms with Gasteiger partial charge in [0, 0.05) is 38.6 Å². The van der Waals surface area contributed by atoms with E-state index in [2.05, 4.69) is 27.4 Å². The van der Waals surface area contributed by atoms with Gasteiger partial charge in [0.1, 0.15) is 12.7 Å². The van der Waals surface area contributed by atoms with Crippen molar-refractivity contribution in [3.05, 3.63) is 78.1 Å². The Kier molecular flexibility index (Phi) is 8.90. The maximum absolute atomic E-state index is 10.4. The van der Waals surface area contributed by atoms with Gasteiger partial charge in [-0.3, -0.25) is 9.58 Å². The molecule has 1 atom stereocenters. The van der Waals surface area contributed by atoms with E-state index in [9.17, 15) is 5.11 Å². The number of hydrogen-bond donors (Lipinski definition) is 2. The summed E-state index contributed by atoms with van der Waals surface area (Å²) in [6.45, 7) is 3.84. The van der Waals surface area contributed by atoms with Crippen LogP contribution in [0.3, 0.4) is 0 Å². The molecule has 31 heavy (non-hydrogen) atoms. The largest absolute Gasteiger partial charge is 0.493 e. The molecule has 3 aromatic rings. The maximum atomic E-state index is 10.4. The van der Waals surface area contributed by atoms with Gasteiger partial charge < -0.3 is 19.9 Å². The second kappa shape index (κ2) is 12.1. The van der Waals surface area contributed by atoms with Gasteiger partial charge in [-0.1, -0.05) is 36.4 Å². The zero-order valence-corrected chi connectivity index (χ0v) is 18.3. The first-order valence-corrected chi connectivity index (χ1v) is 10.5. The van der Waals surface area contributed by atoms with Crippen molar-refractivity contribution in [3.8, 4) is 11.5 Å². The highest BCUT2D eigenvalue weighted by Gasteiger charge is 2.12. The van der Waals surface area contributed by atoms with Crippen LogP contribution in [0, 0.1) is 0 Å². The van der Waals surface area contributed by atoms with Crippen molar-refractivity contribution in [3.63, 3.8) is 0 Å². The quantitative estimate of drug-likeness (QED) is 0.411. The average Bonchev–Trinajstić information content (AvgIpc) is 3.29. The van der Waals surface area contributed by atoms with Crippen molar-refractivity contribution in [1.82, 2.24) is 20.0 Å². The molecule has 166 valence electrons. The number of rotatable bonds is 13. The van der Waals surface area contributed by atoms with E-state index < -0.39 is 6.10 Å². The van der Waals surface area contributed by atoms with Crippen molar-refractivity contribution in [2.75, 3.05) is 33.9 Å². The molecule has 0 saturated carbocycles. The zero-order chi connectivity index (χ0) is 21.9. The third kappa shape index (κ3) is 7.71. The Bertz CT molecular complexity index is 887. The number of nitrogens with zero attached hydrogens (tertiary/aromatic N) is 3. The Morgan fingerprint density at radius 2 is 1.94 bits per heavy atom. The van der Waals surface area contributed by atoms with Crippen LogP contribution in [-0.4, -0.2) is 59.7 Å². The molecule has 0 saturated heterocycles. The van der Waals surface area contributed by atoms with E-state index in [1.807, 2.05) is 60.4 Å². The normalized spacial score (nSPS) is 12.1. The SMILES string of the molecule is COc1ccc(CNCCn2cccn2)cc1OC[C@H](O)CN(C)Cc1ccccc1.